The summed E-state index contributed by atoms with van der Waals surface area (Å²) in [7, 11) is 0. The minimum atomic E-state index is 0.0742. The van der Waals surface area contributed by atoms with Crippen molar-refractivity contribution in [3.8, 4) is 0 Å². The van der Waals surface area contributed by atoms with Gasteiger partial charge in [0.15, 0.2) is 0 Å². The lowest BCUT2D eigenvalue weighted by Crippen LogP contribution is -2.02. The number of nitrogens with one attached hydrogen (secondary N) is 1. The van der Waals surface area contributed by atoms with Crippen molar-refractivity contribution in [1.29, 1.82) is 0 Å². The number of benzene rings is 1. The van der Waals surface area contributed by atoms with Crippen molar-refractivity contribution in [2.75, 3.05) is 5.32 Å². The van der Waals surface area contributed by atoms with E-state index in [4.69, 9.17) is 0 Å². The molecule has 1 aromatic heterocycles. The minimum absolute atomic E-state index is 0.0742. The van der Waals surface area contributed by atoms with E-state index in [1.54, 1.807) is 0 Å². The normalized spacial score (nSPS) is 10.5. The zero-order chi connectivity index (χ0) is 12.3. The van der Waals surface area contributed by atoms with Crippen molar-refractivity contribution in [2.45, 2.75) is 27.0 Å². The second kappa shape index (κ2) is 5.34. The smallest absolute Gasteiger partial charge is 0.0701 e. The van der Waals surface area contributed by atoms with Gasteiger partial charge in [-0.2, -0.15) is 0 Å². The van der Waals surface area contributed by atoms with E-state index >= 15 is 0 Å². The Morgan fingerprint density at radius 2 is 1.94 bits per heavy atom. The molecule has 0 saturated heterocycles. The molecule has 2 nitrogen and oxygen atoms in total. The summed E-state index contributed by atoms with van der Waals surface area (Å²) in [4.78, 5) is 2.70. The van der Waals surface area contributed by atoms with Crippen LogP contribution >= 0.6 is 11.3 Å². The van der Waals surface area contributed by atoms with Gasteiger partial charge in [0.1, 0.15) is 0 Å². The standard InChI is InChI=1S/C14H17NOS/c1-10-7-13(11(2)17-10)8-15-14-6-4-3-5-12(14)9-16/h3-7,15-16H,8-9H2,1-2H3. The van der Waals surface area contributed by atoms with Crippen molar-refractivity contribution in [2.24, 2.45) is 0 Å². The lowest BCUT2D eigenvalue weighted by Gasteiger charge is -2.10. The van der Waals surface area contributed by atoms with Gasteiger partial charge in [-0.1, -0.05) is 18.2 Å². The molecule has 0 atom stereocenters. The fourth-order valence-corrected chi connectivity index (χ4v) is 2.83. The molecule has 17 heavy (non-hydrogen) atoms. The molecule has 0 unspecified atom stereocenters. The summed E-state index contributed by atoms with van der Waals surface area (Å²) < 4.78 is 0. The predicted octanol–water partition coefficient (Wildman–Crippen LogP) is 3.47. The van der Waals surface area contributed by atoms with Crippen molar-refractivity contribution in [1.82, 2.24) is 0 Å². The number of aryl methyl sites for hydroxylation is 2. The molecular weight excluding hydrogens is 230 g/mol. The molecule has 1 heterocycles. The van der Waals surface area contributed by atoms with Crippen LogP contribution in [-0.2, 0) is 13.2 Å². The summed E-state index contributed by atoms with van der Waals surface area (Å²) in [5.41, 5.74) is 3.29. The van der Waals surface area contributed by atoms with Crippen LogP contribution in [0.4, 0.5) is 5.69 Å². The molecule has 0 aliphatic heterocycles. The summed E-state index contributed by atoms with van der Waals surface area (Å²) in [5, 5.41) is 12.6. The van der Waals surface area contributed by atoms with Crippen LogP contribution in [0.2, 0.25) is 0 Å². The topological polar surface area (TPSA) is 32.3 Å². The van der Waals surface area contributed by atoms with Gasteiger partial charge in [-0.05, 0) is 31.5 Å². The first-order valence-electron chi connectivity index (χ1n) is 5.69. The van der Waals surface area contributed by atoms with Crippen LogP contribution in [0.1, 0.15) is 20.9 Å². The van der Waals surface area contributed by atoms with Crippen LogP contribution in [0.15, 0.2) is 30.3 Å². The summed E-state index contributed by atoms with van der Waals surface area (Å²) in [6, 6.07) is 10.1. The molecule has 0 saturated carbocycles. The SMILES string of the molecule is Cc1cc(CNc2ccccc2CO)c(C)s1. The van der Waals surface area contributed by atoms with Gasteiger partial charge >= 0.3 is 0 Å². The molecule has 1 aromatic carbocycles. The number of hydrogen-bond donors (Lipinski definition) is 2. The maximum Gasteiger partial charge on any atom is 0.0701 e. The van der Waals surface area contributed by atoms with Gasteiger partial charge in [0.25, 0.3) is 0 Å². The highest BCUT2D eigenvalue weighted by Crippen LogP contribution is 2.22. The Bertz CT molecular complexity index is 505. The third-order valence-electron chi connectivity index (χ3n) is 2.80. The first-order chi connectivity index (χ1) is 8.20. The molecule has 0 aliphatic rings. The van der Waals surface area contributed by atoms with Gasteiger partial charge < -0.3 is 10.4 Å². The maximum absolute atomic E-state index is 9.24. The Balaban J connectivity index is 2.09. The fourth-order valence-electron chi connectivity index (χ4n) is 1.88. The molecule has 0 spiro atoms. The Hall–Kier alpha value is -1.32. The van der Waals surface area contributed by atoms with Crippen molar-refractivity contribution >= 4 is 17.0 Å². The van der Waals surface area contributed by atoms with Gasteiger partial charge in [-0.25, -0.2) is 0 Å². The van der Waals surface area contributed by atoms with E-state index in [0.29, 0.717) is 0 Å². The molecule has 3 heteroatoms. The average molecular weight is 247 g/mol. The molecule has 90 valence electrons. The van der Waals surface area contributed by atoms with E-state index in [0.717, 1.165) is 17.8 Å². The number of para-hydroxylation sites is 1. The molecule has 2 rings (SSSR count). The summed E-state index contributed by atoms with van der Waals surface area (Å²) in [6.07, 6.45) is 0. The van der Waals surface area contributed by atoms with Gasteiger partial charge in [0, 0.05) is 27.5 Å². The highest BCUT2D eigenvalue weighted by atomic mass is 32.1. The first kappa shape index (κ1) is 12.1. The van der Waals surface area contributed by atoms with Crippen LogP contribution in [0, 0.1) is 13.8 Å². The monoisotopic (exact) mass is 247 g/mol. The molecular formula is C14H17NOS. The molecule has 2 N–H and O–H groups in total. The van der Waals surface area contributed by atoms with Crippen LogP contribution in [0.3, 0.4) is 0 Å². The van der Waals surface area contributed by atoms with E-state index in [9.17, 15) is 5.11 Å². The molecule has 0 amide bonds. The van der Waals surface area contributed by atoms with Crippen LogP contribution in [-0.4, -0.2) is 5.11 Å². The van der Waals surface area contributed by atoms with E-state index < -0.39 is 0 Å². The Morgan fingerprint density at radius 1 is 1.18 bits per heavy atom. The number of thiophene rings is 1. The molecule has 0 bridgehead atoms. The van der Waals surface area contributed by atoms with Crippen LogP contribution < -0.4 is 5.32 Å². The highest BCUT2D eigenvalue weighted by Gasteiger charge is 2.04. The van der Waals surface area contributed by atoms with Crippen molar-refractivity contribution < 1.29 is 5.11 Å². The van der Waals surface area contributed by atoms with Gasteiger partial charge in [-0.15, -0.1) is 11.3 Å². The number of rotatable bonds is 4. The third-order valence-corrected chi connectivity index (χ3v) is 3.81. The third kappa shape index (κ3) is 2.87. The lowest BCUT2D eigenvalue weighted by atomic mass is 10.1. The van der Waals surface area contributed by atoms with E-state index in [1.165, 1.54) is 15.3 Å². The predicted molar refractivity (Wildman–Crippen MR) is 73.5 cm³/mol. The fraction of sp³-hybridized carbons (Fsp3) is 0.286. The zero-order valence-corrected chi connectivity index (χ0v) is 11.0. The number of aliphatic hydroxyl groups excluding tert-OH is 1. The quantitative estimate of drug-likeness (QED) is 0.867. The van der Waals surface area contributed by atoms with Crippen molar-refractivity contribution in [3.63, 3.8) is 0 Å². The van der Waals surface area contributed by atoms with Crippen LogP contribution in [0.5, 0.6) is 0 Å². The molecule has 0 fully saturated rings. The maximum atomic E-state index is 9.24. The largest absolute Gasteiger partial charge is 0.392 e. The number of hydrogen-bond acceptors (Lipinski definition) is 3. The number of anilines is 1. The second-order valence-electron chi connectivity index (χ2n) is 4.11. The molecule has 0 aliphatic carbocycles. The number of aliphatic hydroxyl groups is 1. The lowest BCUT2D eigenvalue weighted by molar-refractivity contribution is 0.282. The van der Waals surface area contributed by atoms with E-state index in [-0.39, 0.29) is 6.61 Å². The average Bonchev–Trinajstić information content (AvgIpc) is 2.65. The summed E-state index contributed by atoms with van der Waals surface area (Å²) in [6.45, 7) is 5.16. The zero-order valence-electron chi connectivity index (χ0n) is 10.2. The van der Waals surface area contributed by atoms with Crippen molar-refractivity contribution in [3.05, 3.63) is 51.2 Å². The van der Waals surface area contributed by atoms with Gasteiger partial charge in [0.2, 0.25) is 0 Å². The minimum Gasteiger partial charge on any atom is -0.392 e. The Morgan fingerprint density at radius 3 is 2.59 bits per heavy atom. The molecule has 0 radical (unpaired) electrons. The van der Waals surface area contributed by atoms with Gasteiger partial charge in [-0.3, -0.25) is 0 Å². The molecule has 2 aromatic rings. The van der Waals surface area contributed by atoms with E-state index in [2.05, 4.69) is 25.2 Å². The summed E-state index contributed by atoms with van der Waals surface area (Å²) in [5.74, 6) is 0. The Kier molecular flexibility index (Phi) is 3.82. The Labute approximate surface area is 106 Å². The second-order valence-corrected chi connectivity index (χ2v) is 5.57. The first-order valence-corrected chi connectivity index (χ1v) is 6.51. The van der Waals surface area contributed by atoms with Gasteiger partial charge in [0.05, 0.1) is 6.61 Å². The van der Waals surface area contributed by atoms with Crippen LogP contribution in [0.25, 0.3) is 0 Å². The summed E-state index contributed by atoms with van der Waals surface area (Å²) >= 11 is 1.82. The highest BCUT2D eigenvalue weighted by molar-refractivity contribution is 7.12. The van der Waals surface area contributed by atoms with E-state index in [1.807, 2.05) is 35.6 Å².